The number of rotatable bonds is 9. The Kier molecular flexibility index (Phi) is 6.41. The standard InChI is InChI=1S/C22H24N6O5S/c1-28-13-15(12-24-28)34(29,30)27-22-21(25-16-7-5-6-8-17(16)26-22)23-11-14-9-18(31-2)20(33-4)19(10-14)32-3/h5-10,12-13H,11H2,1-4H3,(H,23,25)(H,26,27). The molecule has 0 saturated heterocycles. The molecule has 0 aliphatic heterocycles. The van der Waals surface area contributed by atoms with Gasteiger partial charge in [-0.05, 0) is 29.8 Å². The zero-order valence-corrected chi connectivity index (χ0v) is 19.9. The van der Waals surface area contributed by atoms with Gasteiger partial charge in [-0.15, -0.1) is 0 Å². The Balaban J connectivity index is 1.69. The van der Waals surface area contributed by atoms with Crippen molar-refractivity contribution in [3.63, 3.8) is 0 Å². The largest absolute Gasteiger partial charge is 0.493 e. The van der Waals surface area contributed by atoms with E-state index in [1.165, 1.54) is 38.4 Å². The van der Waals surface area contributed by atoms with E-state index in [4.69, 9.17) is 14.2 Å². The lowest BCUT2D eigenvalue weighted by atomic mass is 10.1. The van der Waals surface area contributed by atoms with E-state index < -0.39 is 10.0 Å². The zero-order chi connectivity index (χ0) is 24.3. The summed E-state index contributed by atoms with van der Waals surface area (Å²) in [4.78, 5) is 9.09. The highest BCUT2D eigenvalue weighted by atomic mass is 32.2. The van der Waals surface area contributed by atoms with E-state index in [0.717, 1.165) is 5.56 Å². The average molecular weight is 485 g/mol. The quantitative estimate of drug-likeness (QED) is 0.368. The third kappa shape index (κ3) is 4.66. The fourth-order valence-corrected chi connectivity index (χ4v) is 4.33. The van der Waals surface area contributed by atoms with Gasteiger partial charge in [0.25, 0.3) is 10.0 Å². The van der Waals surface area contributed by atoms with Crippen LogP contribution in [0.1, 0.15) is 5.56 Å². The van der Waals surface area contributed by atoms with Crippen molar-refractivity contribution in [1.82, 2.24) is 19.7 Å². The molecule has 0 bridgehead atoms. The predicted molar refractivity (Wildman–Crippen MR) is 127 cm³/mol. The van der Waals surface area contributed by atoms with Gasteiger partial charge in [-0.3, -0.25) is 9.40 Å². The van der Waals surface area contributed by atoms with Gasteiger partial charge in [0.2, 0.25) is 5.75 Å². The van der Waals surface area contributed by atoms with Gasteiger partial charge in [0, 0.05) is 19.8 Å². The molecule has 4 aromatic rings. The summed E-state index contributed by atoms with van der Waals surface area (Å²) in [5.41, 5.74) is 1.95. The molecule has 0 fully saturated rings. The molecule has 0 atom stereocenters. The number of fused-ring (bicyclic) bond motifs is 1. The molecule has 0 amide bonds. The minimum Gasteiger partial charge on any atom is -0.493 e. The van der Waals surface area contributed by atoms with Gasteiger partial charge in [0.05, 0.1) is 38.6 Å². The predicted octanol–water partition coefficient (Wildman–Crippen LogP) is 2.80. The zero-order valence-electron chi connectivity index (χ0n) is 19.1. The molecule has 34 heavy (non-hydrogen) atoms. The lowest BCUT2D eigenvalue weighted by molar-refractivity contribution is 0.324. The van der Waals surface area contributed by atoms with Crippen molar-refractivity contribution < 1.29 is 22.6 Å². The van der Waals surface area contributed by atoms with Crippen molar-refractivity contribution in [2.45, 2.75) is 11.4 Å². The summed E-state index contributed by atoms with van der Waals surface area (Å²) in [7, 11) is 2.31. The first kappa shape index (κ1) is 23.1. The van der Waals surface area contributed by atoms with Gasteiger partial charge in [-0.2, -0.15) is 5.10 Å². The van der Waals surface area contributed by atoms with Crippen molar-refractivity contribution in [2.24, 2.45) is 7.05 Å². The number of hydrogen-bond acceptors (Lipinski definition) is 9. The van der Waals surface area contributed by atoms with E-state index in [-0.39, 0.29) is 23.1 Å². The molecular formula is C22H24N6O5S. The van der Waals surface area contributed by atoms with Crippen LogP contribution in [-0.2, 0) is 23.6 Å². The molecule has 0 unspecified atom stereocenters. The van der Waals surface area contributed by atoms with Crippen molar-refractivity contribution in [1.29, 1.82) is 0 Å². The van der Waals surface area contributed by atoms with Crippen LogP contribution in [0, 0.1) is 0 Å². The van der Waals surface area contributed by atoms with Crippen LogP contribution in [0.5, 0.6) is 17.2 Å². The molecule has 0 aliphatic carbocycles. The first-order chi connectivity index (χ1) is 16.3. The number of anilines is 2. The number of ether oxygens (including phenoxy) is 3. The highest BCUT2D eigenvalue weighted by molar-refractivity contribution is 7.92. The highest BCUT2D eigenvalue weighted by Gasteiger charge is 2.21. The maximum Gasteiger partial charge on any atom is 0.266 e. The topological polar surface area (TPSA) is 129 Å². The maximum atomic E-state index is 12.9. The van der Waals surface area contributed by atoms with Gasteiger partial charge < -0.3 is 19.5 Å². The summed E-state index contributed by atoms with van der Waals surface area (Å²) in [6.07, 6.45) is 2.67. The molecule has 4 rings (SSSR count). The van der Waals surface area contributed by atoms with Gasteiger partial charge in [0.1, 0.15) is 4.90 Å². The number of sulfonamides is 1. The lowest BCUT2D eigenvalue weighted by Crippen LogP contribution is -2.16. The fraction of sp³-hybridized carbons (Fsp3) is 0.227. The second-order valence-electron chi connectivity index (χ2n) is 7.25. The molecular weight excluding hydrogens is 460 g/mol. The third-order valence-corrected chi connectivity index (χ3v) is 6.27. The maximum absolute atomic E-state index is 12.9. The Morgan fingerprint density at radius 3 is 2.09 bits per heavy atom. The number of benzene rings is 2. The molecule has 178 valence electrons. The Morgan fingerprint density at radius 2 is 1.56 bits per heavy atom. The minimum absolute atomic E-state index is 0.0144. The molecule has 12 heteroatoms. The van der Waals surface area contributed by atoms with E-state index in [1.54, 1.807) is 37.4 Å². The second-order valence-corrected chi connectivity index (χ2v) is 8.93. The molecule has 0 spiro atoms. The smallest absolute Gasteiger partial charge is 0.266 e. The van der Waals surface area contributed by atoms with Crippen molar-refractivity contribution >= 4 is 32.7 Å². The summed E-state index contributed by atoms with van der Waals surface area (Å²) >= 11 is 0. The van der Waals surface area contributed by atoms with E-state index in [0.29, 0.717) is 28.3 Å². The summed E-state index contributed by atoms with van der Waals surface area (Å²) in [5, 5.41) is 7.10. The van der Waals surface area contributed by atoms with E-state index in [1.807, 2.05) is 6.07 Å². The molecule has 0 saturated carbocycles. The first-order valence-corrected chi connectivity index (χ1v) is 11.6. The van der Waals surface area contributed by atoms with Crippen LogP contribution in [-0.4, -0.2) is 49.5 Å². The fourth-order valence-electron chi connectivity index (χ4n) is 3.34. The summed E-state index contributed by atoms with van der Waals surface area (Å²) in [5.74, 6) is 1.81. The van der Waals surface area contributed by atoms with Gasteiger partial charge in [0.15, 0.2) is 23.1 Å². The van der Waals surface area contributed by atoms with Crippen LogP contribution >= 0.6 is 0 Å². The number of hydrogen-bond donors (Lipinski definition) is 2. The first-order valence-electron chi connectivity index (χ1n) is 10.2. The summed E-state index contributed by atoms with van der Waals surface area (Å²) in [6, 6.07) is 10.8. The molecule has 11 nitrogen and oxygen atoms in total. The number of aromatic nitrogens is 4. The van der Waals surface area contributed by atoms with Crippen LogP contribution in [0.3, 0.4) is 0 Å². The Morgan fingerprint density at radius 1 is 0.941 bits per heavy atom. The number of para-hydroxylation sites is 2. The van der Waals surface area contributed by atoms with Crippen LogP contribution in [0.4, 0.5) is 11.6 Å². The van der Waals surface area contributed by atoms with Crippen LogP contribution in [0.2, 0.25) is 0 Å². The molecule has 2 heterocycles. The molecule has 0 radical (unpaired) electrons. The van der Waals surface area contributed by atoms with Crippen LogP contribution < -0.4 is 24.2 Å². The van der Waals surface area contributed by atoms with Crippen molar-refractivity contribution in [3.05, 3.63) is 54.4 Å². The van der Waals surface area contributed by atoms with E-state index in [9.17, 15) is 8.42 Å². The number of aryl methyl sites for hydroxylation is 1. The van der Waals surface area contributed by atoms with Crippen LogP contribution in [0.15, 0.2) is 53.7 Å². The van der Waals surface area contributed by atoms with Gasteiger partial charge >= 0.3 is 0 Å². The van der Waals surface area contributed by atoms with E-state index in [2.05, 4.69) is 25.1 Å². The average Bonchev–Trinajstić information content (AvgIpc) is 3.29. The lowest BCUT2D eigenvalue weighted by Gasteiger charge is -2.16. The minimum atomic E-state index is -3.93. The number of methoxy groups -OCH3 is 3. The van der Waals surface area contributed by atoms with Gasteiger partial charge in [-0.1, -0.05) is 12.1 Å². The van der Waals surface area contributed by atoms with Gasteiger partial charge in [-0.25, -0.2) is 18.4 Å². The third-order valence-electron chi connectivity index (χ3n) is 4.98. The SMILES string of the molecule is COc1cc(CNc2nc3ccccc3nc2NS(=O)(=O)c2cnn(C)c2)cc(OC)c1OC. The normalized spacial score (nSPS) is 11.3. The summed E-state index contributed by atoms with van der Waals surface area (Å²) < 4.78 is 45.9. The highest BCUT2D eigenvalue weighted by Crippen LogP contribution is 2.38. The number of nitrogens with zero attached hydrogens (tertiary/aromatic N) is 4. The summed E-state index contributed by atoms with van der Waals surface area (Å²) in [6.45, 7) is 0.283. The molecule has 0 aliphatic rings. The molecule has 2 N–H and O–H groups in total. The number of nitrogens with one attached hydrogen (secondary N) is 2. The Labute approximate surface area is 196 Å². The van der Waals surface area contributed by atoms with Crippen molar-refractivity contribution in [2.75, 3.05) is 31.4 Å². The Hall–Kier alpha value is -4.06. The Bertz CT molecular complexity index is 1410. The monoisotopic (exact) mass is 484 g/mol. The van der Waals surface area contributed by atoms with E-state index >= 15 is 0 Å². The van der Waals surface area contributed by atoms with Crippen LogP contribution in [0.25, 0.3) is 11.0 Å². The van der Waals surface area contributed by atoms with Crippen molar-refractivity contribution in [3.8, 4) is 17.2 Å². The molecule has 2 aromatic carbocycles. The second kappa shape index (κ2) is 9.43. The molecule has 2 aromatic heterocycles.